The summed E-state index contributed by atoms with van der Waals surface area (Å²) in [6.07, 6.45) is 45.0. The van der Waals surface area contributed by atoms with Crippen molar-refractivity contribution in [2.45, 2.75) is 303 Å². The predicted octanol–water partition coefficient (Wildman–Crippen LogP) is 15.9. The lowest BCUT2D eigenvalue weighted by atomic mass is 10.0. The maximum atomic E-state index is 12.8. The van der Waals surface area contributed by atoms with E-state index in [1.165, 1.54) is 173 Å². The molecule has 3 atom stereocenters. The van der Waals surface area contributed by atoms with Gasteiger partial charge in [-0.3, -0.25) is 23.4 Å². The maximum absolute atomic E-state index is 12.8. The van der Waals surface area contributed by atoms with Gasteiger partial charge < -0.3 is 24.2 Å². The number of rotatable bonds is 53. The van der Waals surface area contributed by atoms with Gasteiger partial charge in [0.05, 0.1) is 19.8 Å². The number of hydrogen-bond donors (Lipinski definition) is 2. The average Bonchev–Trinajstić information content (AvgIpc) is 3.30. The van der Waals surface area contributed by atoms with Crippen LogP contribution in [0.5, 0.6) is 0 Å². The molecule has 0 fully saturated rings. The fourth-order valence-corrected chi connectivity index (χ4v) is 9.02. The third-order valence-corrected chi connectivity index (χ3v) is 13.5. The van der Waals surface area contributed by atoms with Gasteiger partial charge >= 0.3 is 25.7 Å². The fraction of sp³-hybridized carbons (Fsp3) is 0.944. The minimum absolute atomic E-state index is 0.178. The van der Waals surface area contributed by atoms with Crippen LogP contribution in [0.15, 0.2) is 0 Å². The number of ether oxygens (including phenoxy) is 3. The van der Waals surface area contributed by atoms with Crippen LogP contribution < -0.4 is 0 Å². The standard InChI is InChI=1S/C54H105O11P/c1-4-7-10-13-16-19-21-23-24-25-26-28-29-32-34-37-40-43-52(56)61-47-51(65-54(58)45-42-39-36-33-30-27-22-20-17-14-11-8-5-2)49-63-66(59,60)62-48-50(46-55)64-53(57)44-41-38-35-31-18-15-12-9-6-3/h50-51,55H,4-49H2,1-3H3,(H,59,60). The molecule has 0 saturated carbocycles. The lowest BCUT2D eigenvalue weighted by Crippen LogP contribution is -2.30. The number of carbonyl (C=O) groups is 3. The monoisotopic (exact) mass is 961 g/mol. The number of unbranched alkanes of at least 4 members (excludes halogenated alkanes) is 36. The molecule has 66 heavy (non-hydrogen) atoms. The zero-order chi connectivity index (χ0) is 48.4. The Morgan fingerprint density at radius 1 is 0.364 bits per heavy atom. The zero-order valence-corrected chi connectivity index (χ0v) is 44.1. The molecule has 12 heteroatoms. The molecule has 3 unspecified atom stereocenters. The molecule has 0 saturated heterocycles. The number of phosphoric ester groups is 1. The number of aliphatic hydroxyl groups is 1. The van der Waals surface area contributed by atoms with Crippen LogP contribution in [0.25, 0.3) is 0 Å². The third-order valence-electron chi connectivity index (χ3n) is 12.5. The Morgan fingerprint density at radius 2 is 0.606 bits per heavy atom. The number of phosphoric acid groups is 1. The molecule has 0 radical (unpaired) electrons. The summed E-state index contributed by atoms with van der Waals surface area (Å²) in [5.41, 5.74) is 0. The SMILES string of the molecule is CCCCCCCCCCCCCCCCCCCC(=O)OCC(COP(=O)(O)OCC(CO)OC(=O)CCCCCCCCCCC)OC(=O)CCCCCCCCCCCCCCC. The van der Waals surface area contributed by atoms with Crippen molar-refractivity contribution in [2.24, 2.45) is 0 Å². The van der Waals surface area contributed by atoms with Gasteiger partial charge in [0.2, 0.25) is 0 Å². The molecule has 392 valence electrons. The van der Waals surface area contributed by atoms with Gasteiger partial charge in [0.15, 0.2) is 6.10 Å². The van der Waals surface area contributed by atoms with E-state index in [0.29, 0.717) is 19.3 Å². The van der Waals surface area contributed by atoms with E-state index < -0.39 is 57.8 Å². The molecular formula is C54H105O11P. The Morgan fingerprint density at radius 3 is 0.894 bits per heavy atom. The lowest BCUT2D eigenvalue weighted by molar-refractivity contribution is -0.161. The van der Waals surface area contributed by atoms with Gasteiger partial charge in [-0.25, -0.2) is 4.57 Å². The Bertz CT molecular complexity index is 1120. The quantitative estimate of drug-likeness (QED) is 0.0259. The fourth-order valence-electron chi connectivity index (χ4n) is 8.24. The molecule has 0 bridgehead atoms. The lowest BCUT2D eigenvalue weighted by Gasteiger charge is -2.21. The molecule has 0 aromatic rings. The number of carbonyl (C=O) groups excluding carboxylic acids is 3. The van der Waals surface area contributed by atoms with Crippen LogP contribution in [0.2, 0.25) is 0 Å². The highest BCUT2D eigenvalue weighted by molar-refractivity contribution is 7.47. The molecule has 0 aliphatic rings. The van der Waals surface area contributed by atoms with E-state index in [1.807, 2.05) is 0 Å². The predicted molar refractivity (Wildman–Crippen MR) is 270 cm³/mol. The summed E-state index contributed by atoms with van der Waals surface area (Å²) in [7, 11) is -4.73. The van der Waals surface area contributed by atoms with E-state index in [-0.39, 0.29) is 25.9 Å². The second kappa shape index (κ2) is 49.9. The summed E-state index contributed by atoms with van der Waals surface area (Å²) in [4.78, 5) is 48.3. The molecule has 0 aliphatic heterocycles. The van der Waals surface area contributed by atoms with Crippen molar-refractivity contribution >= 4 is 25.7 Å². The van der Waals surface area contributed by atoms with E-state index in [4.69, 9.17) is 23.3 Å². The van der Waals surface area contributed by atoms with E-state index >= 15 is 0 Å². The van der Waals surface area contributed by atoms with Crippen molar-refractivity contribution in [1.29, 1.82) is 0 Å². The maximum Gasteiger partial charge on any atom is 0.472 e. The van der Waals surface area contributed by atoms with Crippen LogP contribution in [0.1, 0.15) is 290 Å². The van der Waals surface area contributed by atoms with Crippen molar-refractivity contribution < 1.29 is 52.2 Å². The summed E-state index contributed by atoms with van der Waals surface area (Å²) in [5, 5.41) is 9.75. The molecule has 0 aromatic carbocycles. The zero-order valence-electron chi connectivity index (χ0n) is 43.2. The van der Waals surface area contributed by atoms with Gasteiger partial charge in [-0.15, -0.1) is 0 Å². The summed E-state index contributed by atoms with van der Waals surface area (Å²) in [6, 6.07) is 0. The van der Waals surface area contributed by atoms with Crippen LogP contribution in [0, 0.1) is 0 Å². The molecule has 0 spiro atoms. The Kier molecular flexibility index (Phi) is 48.7. The molecule has 0 aromatic heterocycles. The Balaban J connectivity index is 4.64. The van der Waals surface area contributed by atoms with Crippen molar-refractivity contribution in [3.8, 4) is 0 Å². The first-order chi connectivity index (χ1) is 32.2. The van der Waals surface area contributed by atoms with Crippen molar-refractivity contribution in [1.82, 2.24) is 0 Å². The van der Waals surface area contributed by atoms with Crippen LogP contribution >= 0.6 is 7.82 Å². The molecule has 0 aliphatic carbocycles. The summed E-state index contributed by atoms with van der Waals surface area (Å²) < 4.78 is 39.4. The van der Waals surface area contributed by atoms with Gasteiger partial charge in [0.1, 0.15) is 12.7 Å². The summed E-state index contributed by atoms with van der Waals surface area (Å²) in [6.45, 7) is 4.67. The highest BCUT2D eigenvalue weighted by Gasteiger charge is 2.28. The Labute approximate surface area is 405 Å². The minimum atomic E-state index is -4.73. The first-order valence-corrected chi connectivity index (χ1v) is 29.4. The largest absolute Gasteiger partial charge is 0.472 e. The van der Waals surface area contributed by atoms with Crippen molar-refractivity contribution in [2.75, 3.05) is 26.4 Å². The minimum Gasteiger partial charge on any atom is -0.462 e. The molecular weight excluding hydrogens is 856 g/mol. The first kappa shape index (κ1) is 64.5. The topological polar surface area (TPSA) is 155 Å². The normalized spacial score (nSPS) is 13.3. The summed E-state index contributed by atoms with van der Waals surface area (Å²) >= 11 is 0. The van der Waals surface area contributed by atoms with E-state index in [9.17, 15) is 28.9 Å². The summed E-state index contributed by atoms with van der Waals surface area (Å²) in [5.74, 6) is -1.43. The average molecular weight is 961 g/mol. The highest BCUT2D eigenvalue weighted by Crippen LogP contribution is 2.43. The third kappa shape index (κ3) is 47.5. The van der Waals surface area contributed by atoms with Crippen LogP contribution in [-0.2, 0) is 42.2 Å². The molecule has 0 heterocycles. The number of hydrogen-bond acceptors (Lipinski definition) is 10. The number of esters is 3. The molecule has 0 amide bonds. The molecule has 2 N–H and O–H groups in total. The van der Waals surface area contributed by atoms with Gasteiger partial charge in [-0.05, 0) is 19.3 Å². The van der Waals surface area contributed by atoms with Gasteiger partial charge in [-0.2, -0.15) is 0 Å². The van der Waals surface area contributed by atoms with Crippen LogP contribution in [-0.4, -0.2) is 66.5 Å². The van der Waals surface area contributed by atoms with Crippen LogP contribution in [0.3, 0.4) is 0 Å². The first-order valence-electron chi connectivity index (χ1n) is 27.9. The second-order valence-corrected chi connectivity index (χ2v) is 20.6. The van der Waals surface area contributed by atoms with Gasteiger partial charge in [0.25, 0.3) is 0 Å². The number of aliphatic hydroxyl groups excluding tert-OH is 1. The smallest absolute Gasteiger partial charge is 0.462 e. The Hall–Kier alpha value is -1.52. The van der Waals surface area contributed by atoms with Crippen molar-refractivity contribution in [3.63, 3.8) is 0 Å². The van der Waals surface area contributed by atoms with Crippen molar-refractivity contribution in [3.05, 3.63) is 0 Å². The highest BCUT2D eigenvalue weighted by atomic mass is 31.2. The second-order valence-electron chi connectivity index (χ2n) is 19.1. The van der Waals surface area contributed by atoms with Crippen LogP contribution in [0.4, 0.5) is 0 Å². The molecule has 0 rings (SSSR count). The van der Waals surface area contributed by atoms with E-state index in [2.05, 4.69) is 20.8 Å². The molecule has 11 nitrogen and oxygen atoms in total. The van der Waals surface area contributed by atoms with Gasteiger partial charge in [-0.1, -0.05) is 252 Å². The van der Waals surface area contributed by atoms with Gasteiger partial charge in [0, 0.05) is 19.3 Å². The van der Waals surface area contributed by atoms with E-state index in [0.717, 1.165) is 57.8 Å². The van der Waals surface area contributed by atoms with E-state index in [1.54, 1.807) is 0 Å².